The number of carbonyl (C=O) groups excluding carboxylic acids is 1. The second-order valence-electron chi connectivity index (χ2n) is 9.81. The van der Waals surface area contributed by atoms with Crippen LogP contribution in [-0.4, -0.2) is 16.0 Å². The number of aryl methyl sites for hydroxylation is 2. The highest BCUT2D eigenvalue weighted by atomic mass is 16.5. The summed E-state index contributed by atoms with van der Waals surface area (Å²) in [6.45, 7) is 5.68. The number of rotatable bonds is 7. The monoisotopic (exact) mass is 507 g/mol. The first-order valence-corrected chi connectivity index (χ1v) is 12.4. The number of hydrogen-bond donors (Lipinski definition) is 2. The first kappa shape index (κ1) is 25.2. The average Bonchev–Trinajstić information content (AvgIpc) is 3.33. The molecule has 2 aromatic heterocycles. The van der Waals surface area contributed by atoms with Gasteiger partial charge in [0.2, 0.25) is 5.91 Å². The number of hydrogen-bond acceptors (Lipinski definition) is 5. The third-order valence-electron chi connectivity index (χ3n) is 6.79. The standard InChI is InChI=1S/C31H29N3O4/c1-20-9-11-25(21(2)15-20)30(23-7-5-4-6-8-23)33-29(35)17-22-10-12-26-24(16-22)18-28(38-26)31(3,36)27-13-14-34(37)19-32-27/h4-16,18-19,30,36H,17H2,1-3H3,(H,33,35). The van der Waals surface area contributed by atoms with Crippen LogP contribution in [0.2, 0.25) is 0 Å². The van der Waals surface area contributed by atoms with Gasteiger partial charge >= 0.3 is 0 Å². The molecular formula is C31H29N3O4. The molecule has 2 N–H and O–H groups in total. The van der Waals surface area contributed by atoms with Gasteiger partial charge in [0.1, 0.15) is 11.3 Å². The van der Waals surface area contributed by atoms with E-state index in [1.54, 1.807) is 19.1 Å². The minimum atomic E-state index is -1.53. The van der Waals surface area contributed by atoms with Crippen LogP contribution in [0.1, 0.15) is 52.2 Å². The summed E-state index contributed by atoms with van der Waals surface area (Å²) in [6.07, 6.45) is 2.55. The number of nitrogens with zero attached hydrogens (tertiary/aromatic N) is 2. The molecule has 2 heterocycles. The Bertz CT molecular complexity index is 1590. The minimum absolute atomic E-state index is 0.103. The molecule has 0 aliphatic rings. The van der Waals surface area contributed by atoms with Gasteiger partial charge in [-0.05, 0) is 66.2 Å². The lowest BCUT2D eigenvalue weighted by Crippen LogP contribution is -2.31. The maximum absolute atomic E-state index is 13.3. The Hall–Kier alpha value is -4.49. The van der Waals surface area contributed by atoms with Crippen LogP contribution in [0.3, 0.4) is 0 Å². The lowest BCUT2D eigenvalue weighted by Gasteiger charge is -2.22. The summed E-state index contributed by atoms with van der Waals surface area (Å²) in [6, 6.07) is 24.7. The Morgan fingerprint density at radius 3 is 2.58 bits per heavy atom. The van der Waals surface area contributed by atoms with Crippen molar-refractivity contribution in [3.63, 3.8) is 0 Å². The normalized spacial score (nSPS) is 13.7. The van der Waals surface area contributed by atoms with Gasteiger partial charge in [-0.2, -0.15) is 0 Å². The Labute approximate surface area is 221 Å². The van der Waals surface area contributed by atoms with E-state index in [-0.39, 0.29) is 18.4 Å². The summed E-state index contributed by atoms with van der Waals surface area (Å²) in [7, 11) is 0. The molecule has 0 spiro atoms. The van der Waals surface area contributed by atoms with Crippen LogP contribution in [-0.2, 0) is 16.8 Å². The van der Waals surface area contributed by atoms with Crippen molar-refractivity contribution >= 4 is 16.9 Å². The predicted molar refractivity (Wildman–Crippen MR) is 144 cm³/mol. The van der Waals surface area contributed by atoms with Gasteiger partial charge in [-0.15, -0.1) is 0 Å². The van der Waals surface area contributed by atoms with E-state index in [9.17, 15) is 15.1 Å². The molecular weight excluding hydrogens is 478 g/mol. The number of furan rings is 1. The summed E-state index contributed by atoms with van der Waals surface area (Å²) in [5.74, 6) is 0.192. The Kier molecular flexibility index (Phi) is 6.70. The van der Waals surface area contributed by atoms with E-state index >= 15 is 0 Å². The van der Waals surface area contributed by atoms with Gasteiger partial charge in [-0.1, -0.05) is 60.2 Å². The van der Waals surface area contributed by atoms with Crippen molar-refractivity contribution in [1.29, 1.82) is 0 Å². The molecule has 7 nitrogen and oxygen atoms in total. The summed E-state index contributed by atoms with van der Waals surface area (Å²) < 4.78 is 6.46. The third-order valence-corrected chi connectivity index (χ3v) is 6.79. The van der Waals surface area contributed by atoms with Crippen LogP contribution >= 0.6 is 0 Å². The molecule has 0 radical (unpaired) electrons. The van der Waals surface area contributed by atoms with Crippen molar-refractivity contribution in [3.8, 4) is 0 Å². The third kappa shape index (κ3) is 5.14. The maximum atomic E-state index is 13.3. The lowest BCUT2D eigenvalue weighted by molar-refractivity contribution is -0.609. The van der Waals surface area contributed by atoms with Crippen LogP contribution in [0.25, 0.3) is 11.0 Å². The zero-order valence-electron chi connectivity index (χ0n) is 21.5. The van der Waals surface area contributed by atoms with Crippen molar-refractivity contribution in [2.24, 2.45) is 0 Å². The maximum Gasteiger partial charge on any atom is 0.289 e. The first-order chi connectivity index (χ1) is 18.2. The molecule has 0 saturated heterocycles. The SMILES string of the molecule is Cc1ccc(C(NC(=O)Cc2ccc3oc(C(C)(O)c4cc[n+]([O-])cn4)cc3c2)c2ccccc2)c(C)c1. The topological polar surface area (TPSA) is 102 Å². The highest BCUT2D eigenvalue weighted by Crippen LogP contribution is 2.33. The van der Waals surface area contributed by atoms with E-state index in [0.717, 1.165) is 34.0 Å². The predicted octanol–water partition coefficient (Wildman–Crippen LogP) is 4.78. The van der Waals surface area contributed by atoms with E-state index in [1.807, 2.05) is 42.5 Å². The van der Waals surface area contributed by atoms with E-state index in [4.69, 9.17) is 4.42 Å². The van der Waals surface area contributed by atoms with Gasteiger partial charge in [0.25, 0.3) is 6.33 Å². The second kappa shape index (κ2) is 10.1. The van der Waals surface area contributed by atoms with Gasteiger partial charge in [-0.3, -0.25) is 4.79 Å². The quantitative estimate of drug-likeness (QED) is 0.244. The van der Waals surface area contributed by atoms with Crippen molar-refractivity contribution in [1.82, 2.24) is 10.3 Å². The highest BCUT2D eigenvalue weighted by molar-refractivity contribution is 5.83. The molecule has 0 saturated carbocycles. The fourth-order valence-corrected chi connectivity index (χ4v) is 4.73. The Balaban J connectivity index is 1.38. The average molecular weight is 508 g/mol. The van der Waals surface area contributed by atoms with Crippen LogP contribution in [0.15, 0.2) is 95.8 Å². The van der Waals surface area contributed by atoms with E-state index in [2.05, 4.69) is 42.3 Å². The largest absolute Gasteiger partial charge is 0.711 e. The van der Waals surface area contributed by atoms with Crippen molar-refractivity contribution in [2.75, 3.05) is 0 Å². The number of benzene rings is 3. The van der Waals surface area contributed by atoms with Gasteiger partial charge in [-0.25, -0.2) is 4.73 Å². The van der Waals surface area contributed by atoms with Crippen LogP contribution < -0.4 is 10.0 Å². The molecule has 0 aliphatic heterocycles. The molecule has 0 aliphatic carbocycles. The highest BCUT2D eigenvalue weighted by Gasteiger charge is 2.35. The molecule has 192 valence electrons. The van der Waals surface area contributed by atoms with Crippen molar-refractivity contribution < 1.29 is 19.0 Å². The van der Waals surface area contributed by atoms with Gasteiger partial charge in [0.15, 0.2) is 11.3 Å². The molecule has 1 amide bonds. The number of nitrogens with one attached hydrogen (secondary N) is 1. The molecule has 5 aromatic rings. The molecule has 0 fully saturated rings. The van der Waals surface area contributed by atoms with Crippen LogP contribution in [0.5, 0.6) is 0 Å². The fourth-order valence-electron chi connectivity index (χ4n) is 4.73. The number of aromatic nitrogens is 2. The molecule has 0 bridgehead atoms. The molecule has 38 heavy (non-hydrogen) atoms. The molecule has 2 atom stereocenters. The van der Waals surface area contributed by atoms with Gasteiger partial charge in [0.05, 0.1) is 18.7 Å². The van der Waals surface area contributed by atoms with Crippen LogP contribution in [0.4, 0.5) is 0 Å². The fraction of sp³-hybridized carbons (Fsp3) is 0.194. The summed E-state index contributed by atoms with van der Waals surface area (Å²) in [5.41, 5.74) is 4.54. The molecule has 7 heteroatoms. The van der Waals surface area contributed by atoms with E-state index < -0.39 is 5.60 Å². The second-order valence-corrected chi connectivity index (χ2v) is 9.81. The molecule has 2 unspecified atom stereocenters. The Morgan fingerprint density at radius 1 is 1.08 bits per heavy atom. The number of fused-ring (bicyclic) bond motifs is 1. The van der Waals surface area contributed by atoms with Gasteiger partial charge < -0.3 is 20.0 Å². The Morgan fingerprint density at radius 2 is 1.87 bits per heavy atom. The van der Waals surface area contributed by atoms with Crippen LogP contribution in [0, 0.1) is 19.1 Å². The lowest BCUT2D eigenvalue weighted by atomic mass is 9.93. The summed E-state index contributed by atoms with van der Waals surface area (Å²) in [5, 5.41) is 26.4. The number of aliphatic hydroxyl groups is 1. The number of carbonyl (C=O) groups is 1. The molecule has 3 aromatic carbocycles. The first-order valence-electron chi connectivity index (χ1n) is 12.4. The van der Waals surface area contributed by atoms with Crippen molar-refractivity contribution in [3.05, 3.63) is 136 Å². The van der Waals surface area contributed by atoms with Crippen molar-refractivity contribution in [2.45, 2.75) is 38.8 Å². The smallest absolute Gasteiger partial charge is 0.289 e. The van der Waals surface area contributed by atoms with E-state index in [1.165, 1.54) is 17.8 Å². The summed E-state index contributed by atoms with van der Waals surface area (Å²) >= 11 is 0. The zero-order chi connectivity index (χ0) is 26.9. The summed E-state index contributed by atoms with van der Waals surface area (Å²) in [4.78, 5) is 17.3. The minimum Gasteiger partial charge on any atom is -0.711 e. The number of amides is 1. The zero-order valence-corrected chi connectivity index (χ0v) is 21.5. The van der Waals surface area contributed by atoms with E-state index in [0.29, 0.717) is 21.8 Å². The molecule has 5 rings (SSSR count). The van der Waals surface area contributed by atoms with Gasteiger partial charge in [0, 0.05) is 11.5 Å².